The molecule has 4 rings (SSSR count). The molecule has 1 N–H and O–H groups in total. The number of carbonyl (C=O) groups is 1. The van der Waals surface area contributed by atoms with E-state index >= 15 is 0 Å². The van der Waals surface area contributed by atoms with Gasteiger partial charge in [0.05, 0.1) is 22.6 Å². The molecule has 40 heavy (non-hydrogen) atoms. The van der Waals surface area contributed by atoms with Crippen LogP contribution in [0.1, 0.15) is 55.1 Å². The van der Waals surface area contributed by atoms with Crippen LogP contribution in [0, 0.1) is 25.5 Å². The lowest BCUT2D eigenvalue weighted by Crippen LogP contribution is -2.49. The lowest BCUT2D eigenvalue weighted by molar-refractivity contribution is -0.137. The predicted octanol–water partition coefficient (Wildman–Crippen LogP) is 7.08. The summed E-state index contributed by atoms with van der Waals surface area (Å²) >= 11 is 0. The molecule has 1 aliphatic heterocycles. The zero-order valence-corrected chi connectivity index (χ0v) is 22.9. The van der Waals surface area contributed by atoms with Crippen LogP contribution in [0.5, 0.6) is 0 Å². The normalized spacial score (nSPS) is 14.9. The van der Waals surface area contributed by atoms with E-state index in [1.165, 1.54) is 18.2 Å². The van der Waals surface area contributed by atoms with Gasteiger partial charge in [-0.05, 0) is 69.5 Å². The highest BCUT2D eigenvalue weighted by Crippen LogP contribution is 2.30. The average Bonchev–Trinajstić information content (AvgIpc) is 3.19. The summed E-state index contributed by atoms with van der Waals surface area (Å²) in [5, 5.41) is 7.18. The molecule has 0 spiro atoms. The van der Waals surface area contributed by atoms with Crippen molar-refractivity contribution < 1.29 is 26.7 Å². The van der Waals surface area contributed by atoms with E-state index in [9.17, 15) is 26.7 Å². The number of carbonyl (C=O) groups excluding carboxylic acids is 1. The van der Waals surface area contributed by atoms with Gasteiger partial charge in [-0.1, -0.05) is 13.3 Å². The highest BCUT2D eigenvalue weighted by atomic mass is 19.4. The van der Waals surface area contributed by atoms with Gasteiger partial charge in [0.25, 0.3) is 0 Å². The standard InChI is InChI=1S/C29H34F5N5O/c1-4-5-14-38(28(40)35-27-11-8-22(30)17-26(27)31)23-12-15-37(16-13-23)18-25-19(2)36-39(20(25)3)24-9-6-21(7-10-24)29(32,33)34/h6-11,17,23H,4-5,12-16,18H2,1-3H3,(H,35,40). The van der Waals surface area contributed by atoms with Crippen molar-refractivity contribution in [2.24, 2.45) is 0 Å². The second kappa shape index (κ2) is 12.4. The first kappa shape index (κ1) is 29.5. The smallest absolute Gasteiger partial charge is 0.321 e. The number of halogens is 5. The van der Waals surface area contributed by atoms with E-state index in [0.717, 1.165) is 80.0 Å². The number of benzene rings is 2. The fraction of sp³-hybridized carbons (Fsp3) is 0.448. The van der Waals surface area contributed by atoms with E-state index in [1.54, 1.807) is 9.58 Å². The number of nitrogens with one attached hydrogen (secondary N) is 1. The molecule has 0 unspecified atom stereocenters. The number of aryl methyl sites for hydroxylation is 1. The zero-order chi connectivity index (χ0) is 29.0. The molecule has 6 nitrogen and oxygen atoms in total. The first-order valence-corrected chi connectivity index (χ1v) is 13.5. The fourth-order valence-electron chi connectivity index (χ4n) is 5.12. The molecule has 3 aromatic rings. The van der Waals surface area contributed by atoms with Crippen LogP contribution in [0.4, 0.5) is 32.4 Å². The number of aromatic nitrogens is 2. The van der Waals surface area contributed by atoms with Crippen molar-refractivity contribution in [2.45, 2.75) is 65.2 Å². The molecule has 0 saturated carbocycles. The van der Waals surface area contributed by atoms with Crippen LogP contribution in [0.2, 0.25) is 0 Å². The molecule has 1 aromatic heterocycles. The summed E-state index contributed by atoms with van der Waals surface area (Å²) in [4.78, 5) is 17.1. The summed E-state index contributed by atoms with van der Waals surface area (Å²) in [5.74, 6) is -1.53. The minimum Gasteiger partial charge on any atom is -0.321 e. The highest BCUT2D eigenvalue weighted by molar-refractivity contribution is 5.89. The summed E-state index contributed by atoms with van der Waals surface area (Å²) in [6.07, 6.45) is -1.23. The van der Waals surface area contributed by atoms with Crippen molar-refractivity contribution in [3.8, 4) is 5.69 Å². The summed E-state index contributed by atoms with van der Waals surface area (Å²) in [5.41, 5.74) is 2.50. The largest absolute Gasteiger partial charge is 0.416 e. The molecule has 0 atom stereocenters. The predicted molar refractivity (Wildman–Crippen MR) is 143 cm³/mol. The van der Waals surface area contributed by atoms with Gasteiger partial charge in [0.2, 0.25) is 0 Å². The van der Waals surface area contributed by atoms with E-state index in [0.29, 0.717) is 18.8 Å². The first-order valence-electron chi connectivity index (χ1n) is 13.5. The molecule has 216 valence electrons. The highest BCUT2D eigenvalue weighted by Gasteiger charge is 2.31. The number of urea groups is 1. The Kier molecular flexibility index (Phi) is 9.12. The Morgan fingerprint density at radius 3 is 2.35 bits per heavy atom. The minimum atomic E-state index is -4.39. The van der Waals surface area contributed by atoms with Gasteiger partial charge in [-0.15, -0.1) is 0 Å². The van der Waals surface area contributed by atoms with Crippen LogP contribution < -0.4 is 5.32 Å². The number of anilines is 1. The number of amides is 2. The molecular weight excluding hydrogens is 529 g/mol. The number of unbranched alkanes of at least 4 members (excludes halogenated alkanes) is 1. The van der Waals surface area contributed by atoms with Gasteiger partial charge in [-0.2, -0.15) is 18.3 Å². The van der Waals surface area contributed by atoms with Crippen molar-refractivity contribution in [3.05, 3.63) is 76.6 Å². The maximum atomic E-state index is 14.1. The van der Waals surface area contributed by atoms with Crippen LogP contribution in [-0.4, -0.2) is 51.3 Å². The number of rotatable bonds is 8. The summed E-state index contributed by atoms with van der Waals surface area (Å²) in [7, 11) is 0. The molecule has 11 heteroatoms. The zero-order valence-electron chi connectivity index (χ0n) is 22.9. The SMILES string of the molecule is CCCCN(C(=O)Nc1ccc(F)cc1F)C1CCN(Cc2c(C)nn(-c3ccc(C(F)(F)F)cc3)c2C)CC1. The van der Waals surface area contributed by atoms with E-state index < -0.39 is 29.4 Å². The number of hydrogen-bond acceptors (Lipinski definition) is 3. The molecular formula is C29H34F5N5O. The van der Waals surface area contributed by atoms with E-state index in [2.05, 4.69) is 15.3 Å². The quantitative estimate of drug-likeness (QED) is 0.298. The van der Waals surface area contributed by atoms with E-state index in [1.807, 2.05) is 20.8 Å². The Labute approximate surface area is 230 Å². The van der Waals surface area contributed by atoms with Crippen LogP contribution in [0.25, 0.3) is 5.69 Å². The summed E-state index contributed by atoms with van der Waals surface area (Å²) in [6.45, 7) is 8.46. The number of likely N-dealkylation sites (tertiary alicyclic amines) is 1. The van der Waals surface area contributed by atoms with Crippen molar-refractivity contribution in [2.75, 3.05) is 25.0 Å². The molecule has 2 amide bonds. The number of alkyl halides is 3. The number of hydrogen-bond donors (Lipinski definition) is 1. The second-order valence-corrected chi connectivity index (χ2v) is 10.2. The Bertz CT molecular complexity index is 1310. The van der Waals surface area contributed by atoms with Crippen LogP contribution in [0.3, 0.4) is 0 Å². The second-order valence-electron chi connectivity index (χ2n) is 10.2. The van der Waals surface area contributed by atoms with Crippen molar-refractivity contribution in [1.29, 1.82) is 0 Å². The van der Waals surface area contributed by atoms with Crippen molar-refractivity contribution in [3.63, 3.8) is 0 Å². The van der Waals surface area contributed by atoms with Gasteiger partial charge < -0.3 is 10.2 Å². The Balaban J connectivity index is 1.40. The topological polar surface area (TPSA) is 53.4 Å². The van der Waals surface area contributed by atoms with Crippen LogP contribution in [-0.2, 0) is 12.7 Å². The third kappa shape index (κ3) is 6.80. The fourth-order valence-corrected chi connectivity index (χ4v) is 5.12. The molecule has 0 bridgehead atoms. The molecule has 1 fully saturated rings. The lowest BCUT2D eigenvalue weighted by atomic mass is 10.0. The third-order valence-corrected chi connectivity index (χ3v) is 7.45. The van der Waals surface area contributed by atoms with Crippen LogP contribution in [0.15, 0.2) is 42.5 Å². The Morgan fingerprint density at radius 2 is 1.75 bits per heavy atom. The summed E-state index contributed by atoms with van der Waals surface area (Å²) in [6, 6.07) is 7.61. The van der Waals surface area contributed by atoms with Crippen molar-refractivity contribution in [1.82, 2.24) is 19.6 Å². The minimum absolute atomic E-state index is 0.0247. The van der Waals surface area contributed by atoms with Crippen LogP contribution >= 0.6 is 0 Å². The third-order valence-electron chi connectivity index (χ3n) is 7.45. The maximum absolute atomic E-state index is 14.1. The van der Waals surface area contributed by atoms with Gasteiger partial charge in [-0.25, -0.2) is 18.3 Å². The number of nitrogens with zero attached hydrogens (tertiary/aromatic N) is 4. The van der Waals surface area contributed by atoms with Gasteiger partial charge >= 0.3 is 12.2 Å². The Hall–Kier alpha value is -3.47. The summed E-state index contributed by atoms with van der Waals surface area (Å²) < 4.78 is 68.0. The average molecular weight is 564 g/mol. The maximum Gasteiger partial charge on any atom is 0.416 e. The van der Waals surface area contributed by atoms with Gasteiger partial charge in [0.15, 0.2) is 0 Å². The molecule has 2 heterocycles. The molecule has 0 aliphatic carbocycles. The van der Waals surface area contributed by atoms with E-state index in [4.69, 9.17) is 0 Å². The van der Waals surface area contributed by atoms with Gasteiger partial charge in [-0.3, -0.25) is 4.90 Å². The monoisotopic (exact) mass is 563 g/mol. The van der Waals surface area contributed by atoms with Crippen molar-refractivity contribution >= 4 is 11.7 Å². The molecule has 1 saturated heterocycles. The molecule has 2 aromatic carbocycles. The van der Waals surface area contributed by atoms with Gasteiger partial charge in [0.1, 0.15) is 11.6 Å². The first-order chi connectivity index (χ1) is 19.0. The lowest BCUT2D eigenvalue weighted by Gasteiger charge is -2.38. The van der Waals surface area contributed by atoms with Gasteiger partial charge in [0, 0.05) is 49.5 Å². The Morgan fingerprint density at radius 1 is 1.07 bits per heavy atom. The van der Waals surface area contributed by atoms with E-state index in [-0.39, 0.29) is 11.7 Å². The molecule has 0 radical (unpaired) electrons. The number of piperidine rings is 1. The molecule has 1 aliphatic rings.